The molecule has 3 aromatic rings. The molecule has 2 aromatic carbocycles. The third-order valence-electron chi connectivity index (χ3n) is 8.93. The fourth-order valence-corrected chi connectivity index (χ4v) is 9.65. The van der Waals surface area contributed by atoms with Gasteiger partial charge in [-0.15, -0.1) is 11.3 Å². The van der Waals surface area contributed by atoms with Crippen LogP contribution in [0.25, 0.3) is 21.2 Å². The summed E-state index contributed by atoms with van der Waals surface area (Å²) in [6.45, 7) is 8.73. The minimum Gasteiger partial charge on any atom is -0.346 e. The average Bonchev–Trinajstić information content (AvgIpc) is 3.36. The number of thiazole rings is 1. The predicted octanol–water partition coefficient (Wildman–Crippen LogP) is 5.99. The number of rotatable bonds is 7. The Morgan fingerprint density at radius 2 is 1.71 bits per heavy atom. The van der Waals surface area contributed by atoms with Crippen molar-refractivity contribution in [1.29, 1.82) is 0 Å². The standard InChI is InChI=1S/C32H42N4O3S2/c1-32(2,3)35-41(38,39)28-14-13-25(23-11-7-8-12-24(23)28)29-26(19-21-9-5-4-6-10-21)34-31(40-29)30(37)33-27-20-36-17-15-22(27)16-18-36/h7-8,11-14,21-22,27,35H,4-6,9-10,15-20H2,1-3H3,(H,33,37). The van der Waals surface area contributed by atoms with Gasteiger partial charge in [0.1, 0.15) is 0 Å². The minimum absolute atomic E-state index is 0.0808. The van der Waals surface area contributed by atoms with Crippen LogP contribution in [-0.4, -0.2) is 55.4 Å². The molecule has 1 unspecified atom stereocenters. The van der Waals surface area contributed by atoms with E-state index < -0.39 is 15.6 Å². The van der Waals surface area contributed by atoms with Crippen molar-refractivity contribution in [3.05, 3.63) is 47.1 Å². The second kappa shape index (κ2) is 11.4. The maximum absolute atomic E-state index is 13.6. The first-order valence-corrected chi connectivity index (χ1v) is 17.5. The van der Waals surface area contributed by atoms with E-state index in [0.29, 0.717) is 22.2 Å². The second-order valence-corrected chi connectivity index (χ2v) is 15.9. The number of hydrogen-bond donors (Lipinski definition) is 2. The number of hydrogen-bond acceptors (Lipinski definition) is 6. The maximum Gasteiger partial charge on any atom is 0.280 e. The number of nitrogens with one attached hydrogen (secondary N) is 2. The Hall–Kier alpha value is -2.33. The molecule has 41 heavy (non-hydrogen) atoms. The number of carbonyl (C=O) groups is 1. The molecule has 0 radical (unpaired) electrons. The summed E-state index contributed by atoms with van der Waals surface area (Å²) in [5.41, 5.74) is 1.32. The van der Waals surface area contributed by atoms with Crippen molar-refractivity contribution in [2.24, 2.45) is 11.8 Å². The van der Waals surface area contributed by atoms with Crippen LogP contribution in [0, 0.1) is 11.8 Å². The molecule has 3 aliphatic heterocycles. The number of amides is 1. The largest absolute Gasteiger partial charge is 0.346 e. The van der Waals surface area contributed by atoms with E-state index in [0.717, 1.165) is 60.4 Å². The van der Waals surface area contributed by atoms with Crippen molar-refractivity contribution in [3.63, 3.8) is 0 Å². The molecule has 1 aromatic heterocycles. The third-order valence-corrected chi connectivity index (χ3v) is 11.9. The molecule has 220 valence electrons. The average molecular weight is 595 g/mol. The molecule has 4 fully saturated rings. The summed E-state index contributed by atoms with van der Waals surface area (Å²) < 4.78 is 29.6. The van der Waals surface area contributed by atoms with Crippen LogP contribution in [0.5, 0.6) is 0 Å². The Bertz CT molecular complexity index is 1530. The smallest absolute Gasteiger partial charge is 0.280 e. The lowest BCUT2D eigenvalue weighted by Gasteiger charge is -2.44. The maximum atomic E-state index is 13.6. The Kier molecular flexibility index (Phi) is 8.00. The summed E-state index contributed by atoms with van der Waals surface area (Å²) >= 11 is 1.45. The van der Waals surface area contributed by atoms with Gasteiger partial charge in [0.25, 0.3) is 5.91 Å². The molecule has 7 nitrogen and oxygen atoms in total. The summed E-state index contributed by atoms with van der Waals surface area (Å²) in [6.07, 6.45) is 9.29. The summed E-state index contributed by atoms with van der Waals surface area (Å²) in [4.78, 5) is 22.3. The Balaban J connectivity index is 1.39. The van der Waals surface area contributed by atoms with Crippen molar-refractivity contribution in [2.45, 2.75) is 88.6 Å². The zero-order valence-corrected chi connectivity index (χ0v) is 26.0. The second-order valence-electron chi connectivity index (χ2n) is 13.2. The third kappa shape index (κ3) is 6.24. The number of aromatic nitrogens is 1. The van der Waals surface area contributed by atoms with E-state index in [1.54, 1.807) is 6.07 Å². The van der Waals surface area contributed by atoms with Crippen molar-refractivity contribution < 1.29 is 13.2 Å². The minimum atomic E-state index is -3.74. The van der Waals surface area contributed by atoms with Crippen LogP contribution in [0.2, 0.25) is 0 Å². The van der Waals surface area contributed by atoms with Gasteiger partial charge in [0, 0.05) is 29.1 Å². The van der Waals surface area contributed by atoms with Gasteiger partial charge in [-0.1, -0.05) is 62.4 Å². The molecule has 1 saturated carbocycles. The van der Waals surface area contributed by atoms with E-state index in [4.69, 9.17) is 4.98 Å². The van der Waals surface area contributed by atoms with Crippen molar-refractivity contribution in [1.82, 2.24) is 19.9 Å². The first-order valence-electron chi connectivity index (χ1n) is 15.2. The normalized spacial score (nSPS) is 23.6. The zero-order chi connectivity index (χ0) is 28.8. The number of piperidine rings is 3. The molecule has 9 heteroatoms. The molecule has 3 saturated heterocycles. The van der Waals surface area contributed by atoms with Gasteiger partial charge in [0.15, 0.2) is 5.01 Å². The van der Waals surface area contributed by atoms with Gasteiger partial charge in [0.05, 0.1) is 15.5 Å². The number of sulfonamides is 1. The van der Waals surface area contributed by atoms with Gasteiger partial charge in [0.2, 0.25) is 10.0 Å². The van der Waals surface area contributed by atoms with E-state index in [2.05, 4.69) is 14.9 Å². The van der Waals surface area contributed by atoms with Gasteiger partial charge in [-0.05, 0) is 76.4 Å². The van der Waals surface area contributed by atoms with Gasteiger partial charge in [-0.25, -0.2) is 18.1 Å². The Morgan fingerprint density at radius 3 is 2.37 bits per heavy atom. The van der Waals surface area contributed by atoms with E-state index in [9.17, 15) is 13.2 Å². The van der Waals surface area contributed by atoms with Crippen LogP contribution in [0.15, 0.2) is 41.3 Å². The molecule has 4 aliphatic rings. The van der Waals surface area contributed by atoms with Crippen molar-refractivity contribution in [2.75, 3.05) is 19.6 Å². The lowest BCUT2D eigenvalue weighted by atomic mass is 9.84. The monoisotopic (exact) mass is 594 g/mol. The van der Waals surface area contributed by atoms with Gasteiger partial charge in [-0.2, -0.15) is 0 Å². The van der Waals surface area contributed by atoms with Gasteiger partial charge >= 0.3 is 0 Å². The SMILES string of the molecule is CC(C)(C)NS(=O)(=O)c1ccc(-c2sc(C(=O)NC3CN4CCC3CC4)nc2CC2CCCCC2)c2ccccc12. The fraction of sp³-hybridized carbons (Fsp3) is 0.562. The fourth-order valence-electron chi connectivity index (χ4n) is 6.98. The van der Waals surface area contributed by atoms with E-state index in [1.165, 1.54) is 43.4 Å². The molecule has 1 atom stereocenters. The van der Waals surface area contributed by atoms with Gasteiger partial charge in [-0.3, -0.25) is 4.79 Å². The number of nitrogens with zero attached hydrogens (tertiary/aromatic N) is 2. The highest BCUT2D eigenvalue weighted by atomic mass is 32.2. The summed E-state index contributed by atoms with van der Waals surface area (Å²) in [5.74, 6) is 1.03. The molecule has 0 spiro atoms. The van der Waals surface area contributed by atoms with Crippen LogP contribution < -0.4 is 10.0 Å². The lowest BCUT2D eigenvalue weighted by Crippen LogP contribution is -2.57. The first kappa shape index (κ1) is 28.8. The Morgan fingerprint density at radius 1 is 1.00 bits per heavy atom. The zero-order valence-electron chi connectivity index (χ0n) is 24.4. The van der Waals surface area contributed by atoms with Gasteiger partial charge < -0.3 is 10.2 Å². The van der Waals surface area contributed by atoms with Crippen molar-refractivity contribution >= 4 is 38.0 Å². The van der Waals surface area contributed by atoms with E-state index in [1.807, 2.05) is 51.1 Å². The molecule has 1 amide bonds. The highest BCUT2D eigenvalue weighted by Crippen LogP contribution is 2.40. The summed E-state index contributed by atoms with van der Waals surface area (Å²) in [5, 5.41) is 5.38. The summed E-state index contributed by atoms with van der Waals surface area (Å²) in [6, 6.07) is 11.5. The molecule has 7 rings (SSSR count). The lowest BCUT2D eigenvalue weighted by molar-refractivity contribution is 0.0620. The quantitative estimate of drug-likeness (QED) is 0.351. The first-order chi connectivity index (χ1) is 19.6. The van der Waals surface area contributed by atoms with Crippen LogP contribution in [0.1, 0.15) is 81.2 Å². The van der Waals surface area contributed by atoms with E-state index in [-0.39, 0.29) is 16.8 Å². The molecule has 2 N–H and O–H groups in total. The Labute approximate surface area is 248 Å². The molecule has 1 aliphatic carbocycles. The van der Waals surface area contributed by atoms with Crippen molar-refractivity contribution in [3.8, 4) is 10.4 Å². The van der Waals surface area contributed by atoms with Crippen LogP contribution in [0.3, 0.4) is 0 Å². The van der Waals surface area contributed by atoms with Crippen LogP contribution in [0.4, 0.5) is 0 Å². The van der Waals surface area contributed by atoms with Crippen LogP contribution in [-0.2, 0) is 16.4 Å². The number of carbonyl (C=O) groups excluding carboxylic acids is 1. The molecular weight excluding hydrogens is 553 g/mol. The topological polar surface area (TPSA) is 91.4 Å². The number of benzene rings is 2. The number of fused-ring (bicyclic) bond motifs is 4. The predicted molar refractivity (Wildman–Crippen MR) is 166 cm³/mol. The summed E-state index contributed by atoms with van der Waals surface area (Å²) in [7, 11) is -3.74. The van der Waals surface area contributed by atoms with Crippen LogP contribution >= 0.6 is 11.3 Å². The van der Waals surface area contributed by atoms with E-state index >= 15 is 0 Å². The highest BCUT2D eigenvalue weighted by Gasteiger charge is 2.36. The molecular formula is C32H42N4O3S2. The molecule has 4 heterocycles. The molecule has 2 bridgehead atoms. The highest BCUT2D eigenvalue weighted by molar-refractivity contribution is 7.89.